The molecule has 1 fully saturated rings. The first-order chi connectivity index (χ1) is 19.0. The molecule has 1 heterocycles. The van der Waals surface area contributed by atoms with Crippen LogP contribution in [0.25, 0.3) is 0 Å². The van der Waals surface area contributed by atoms with E-state index in [-0.39, 0.29) is 17.1 Å². The minimum Gasteiger partial charge on any atom is -0.497 e. The van der Waals surface area contributed by atoms with Crippen LogP contribution in [-0.2, 0) is 15.0 Å². The van der Waals surface area contributed by atoms with Gasteiger partial charge in [-0.05, 0) is 61.2 Å². The van der Waals surface area contributed by atoms with Gasteiger partial charge in [0.2, 0.25) is 0 Å². The highest BCUT2D eigenvalue weighted by atomic mass is 35.5. The number of methoxy groups -OCH3 is 1. The number of rotatable bonds is 8. The zero-order chi connectivity index (χ0) is 28.7. The minimum absolute atomic E-state index is 0.261. The Kier molecular flexibility index (Phi) is 7.31. The predicted octanol–water partition coefficient (Wildman–Crippen LogP) is 6.85. The van der Waals surface area contributed by atoms with Crippen molar-refractivity contribution in [3.63, 3.8) is 0 Å². The number of hydrogen-bond donors (Lipinski definition) is 1. The number of benzene rings is 3. The van der Waals surface area contributed by atoms with Crippen molar-refractivity contribution in [2.45, 2.75) is 37.6 Å². The van der Waals surface area contributed by atoms with E-state index >= 15 is 0 Å². The molecule has 0 saturated heterocycles. The van der Waals surface area contributed by atoms with E-state index in [0.717, 1.165) is 18.4 Å². The molecule has 0 aromatic heterocycles. The van der Waals surface area contributed by atoms with E-state index in [1.807, 2.05) is 6.07 Å². The van der Waals surface area contributed by atoms with Crippen molar-refractivity contribution in [2.75, 3.05) is 31.0 Å². The van der Waals surface area contributed by atoms with E-state index < -0.39 is 12.4 Å². The fraction of sp³-hybridized carbons (Fsp3) is 0.310. The molecule has 0 bridgehead atoms. The Labute approximate surface area is 234 Å². The molecule has 5 rings (SSSR count). The molecule has 1 saturated carbocycles. The maximum atomic E-state index is 14.3. The lowest BCUT2D eigenvalue weighted by molar-refractivity contribution is -0.274. The van der Waals surface area contributed by atoms with Crippen molar-refractivity contribution in [3.8, 4) is 11.5 Å². The number of ether oxygens (including phenoxy) is 2. The fourth-order valence-corrected chi connectivity index (χ4v) is 5.22. The Morgan fingerprint density at radius 1 is 1.05 bits per heavy atom. The summed E-state index contributed by atoms with van der Waals surface area (Å²) in [5, 5.41) is 7.81. The number of hydrogen-bond acceptors (Lipinski definition) is 6. The average molecular weight is 574 g/mol. The number of carbonyl (C=O) groups excluding carboxylic acids is 1. The summed E-state index contributed by atoms with van der Waals surface area (Å²) in [4.78, 5) is 20.7. The number of nitrogens with zero attached hydrogens (tertiary/aromatic N) is 2. The van der Waals surface area contributed by atoms with E-state index in [2.05, 4.69) is 15.2 Å². The maximum Gasteiger partial charge on any atom is 0.573 e. The lowest BCUT2D eigenvalue weighted by atomic mass is 9.99. The molecule has 210 valence electrons. The smallest absolute Gasteiger partial charge is 0.497 e. The van der Waals surface area contributed by atoms with E-state index in [9.17, 15) is 18.0 Å². The lowest BCUT2D eigenvalue weighted by Gasteiger charge is -2.27. The van der Waals surface area contributed by atoms with Gasteiger partial charge in [-0.25, -0.2) is 0 Å². The maximum absolute atomic E-state index is 14.3. The Morgan fingerprint density at radius 2 is 1.77 bits per heavy atom. The summed E-state index contributed by atoms with van der Waals surface area (Å²) in [5.74, 6) is -0.170. The number of alkyl halides is 3. The third-order valence-electron chi connectivity index (χ3n) is 7.19. The topological polar surface area (TPSA) is 72.4 Å². The normalized spacial score (nSPS) is 16.4. The molecule has 1 atom stereocenters. The molecule has 1 N–H and O–H groups in total. The number of oxime groups is 1. The molecular formula is C29H27ClF3N3O4. The molecule has 1 spiro atoms. The molecular weight excluding hydrogens is 547 g/mol. The molecule has 40 heavy (non-hydrogen) atoms. The van der Waals surface area contributed by atoms with Crippen LogP contribution < -0.4 is 19.7 Å². The van der Waals surface area contributed by atoms with Gasteiger partial charge < -0.3 is 24.5 Å². The highest BCUT2D eigenvalue weighted by Crippen LogP contribution is 2.57. The van der Waals surface area contributed by atoms with Crippen LogP contribution in [0.15, 0.2) is 65.8 Å². The first-order valence-electron chi connectivity index (χ1n) is 12.5. The second kappa shape index (κ2) is 10.6. The quantitative estimate of drug-likeness (QED) is 0.236. The van der Waals surface area contributed by atoms with Crippen LogP contribution in [0.2, 0.25) is 5.02 Å². The monoisotopic (exact) mass is 573 g/mol. The SMILES string of the molecule is CO/N=C(\C)c1cc(NC(C(=O)N2CC3(CC3)c3ccc(OC(F)(F)F)cc32)c2ccc(Cl)cc2)cc(OC)c1. The Hall–Kier alpha value is -3.92. The van der Waals surface area contributed by atoms with Crippen molar-refractivity contribution >= 4 is 34.6 Å². The van der Waals surface area contributed by atoms with Gasteiger partial charge >= 0.3 is 6.36 Å². The zero-order valence-electron chi connectivity index (χ0n) is 22.0. The molecule has 11 heteroatoms. The summed E-state index contributed by atoms with van der Waals surface area (Å²) in [6.45, 7) is 2.14. The van der Waals surface area contributed by atoms with Gasteiger partial charge in [-0.3, -0.25) is 4.79 Å². The summed E-state index contributed by atoms with van der Waals surface area (Å²) in [6.07, 6.45) is -3.15. The summed E-state index contributed by atoms with van der Waals surface area (Å²) in [6, 6.07) is 15.5. The van der Waals surface area contributed by atoms with Crippen molar-refractivity contribution in [3.05, 3.63) is 82.4 Å². The molecule has 3 aromatic rings. The molecule has 1 aliphatic carbocycles. The van der Waals surface area contributed by atoms with Crippen LogP contribution in [0.1, 0.15) is 42.5 Å². The molecule has 3 aromatic carbocycles. The van der Waals surface area contributed by atoms with Crippen LogP contribution in [0, 0.1) is 0 Å². The molecule has 1 amide bonds. The van der Waals surface area contributed by atoms with Crippen molar-refractivity contribution in [1.82, 2.24) is 0 Å². The van der Waals surface area contributed by atoms with Gasteiger partial charge in [0.25, 0.3) is 5.91 Å². The fourth-order valence-electron chi connectivity index (χ4n) is 5.09. The van der Waals surface area contributed by atoms with Gasteiger partial charge in [-0.2, -0.15) is 0 Å². The second-order valence-corrected chi connectivity index (χ2v) is 10.3. The summed E-state index contributed by atoms with van der Waals surface area (Å²) in [5.41, 5.74) is 3.51. The Morgan fingerprint density at radius 3 is 2.40 bits per heavy atom. The van der Waals surface area contributed by atoms with Gasteiger partial charge in [-0.15, -0.1) is 13.2 Å². The van der Waals surface area contributed by atoms with Crippen molar-refractivity contribution < 1.29 is 32.3 Å². The lowest BCUT2D eigenvalue weighted by Crippen LogP contribution is -2.38. The van der Waals surface area contributed by atoms with Crippen LogP contribution >= 0.6 is 11.6 Å². The third-order valence-corrected chi connectivity index (χ3v) is 7.45. The Balaban J connectivity index is 1.54. The van der Waals surface area contributed by atoms with Gasteiger partial charge in [0.1, 0.15) is 24.7 Å². The number of amides is 1. The predicted molar refractivity (Wildman–Crippen MR) is 146 cm³/mol. The number of fused-ring (bicyclic) bond motifs is 2. The van der Waals surface area contributed by atoms with Crippen LogP contribution in [0.5, 0.6) is 11.5 Å². The van der Waals surface area contributed by atoms with E-state index in [4.69, 9.17) is 21.2 Å². The van der Waals surface area contributed by atoms with Crippen molar-refractivity contribution in [1.29, 1.82) is 0 Å². The third kappa shape index (κ3) is 5.67. The largest absolute Gasteiger partial charge is 0.573 e. The summed E-state index contributed by atoms with van der Waals surface area (Å²) < 4.78 is 48.6. The van der Waals surface area contributed by atoms with Crippen LogP contribution in [0.3, 0.4) is 0 Å². The highest BCUT2D eigenvalue weighted by Gasteiger charge is 2.54. The van der Waals surface area contributed by atoms with E-state index in [1.165, 1.54) is 26.4 Å². The number of halogens is 4. The Bertz CT molecular complexity index is 1460. The highest BCUT2D eigenvalue weighted by molar-refractivity contribution is 6.30. The first kappa shape index (κ1) is 27.6. The number of nitrogens with one attached hydrogen (secondary N) is 1. The minimum atomic E-state index is -4.85. The van der Waals surface area contributed by atoms with Crippen LogP contribution in [-0.4, -0.2) is 38.7 Å². The molecule has 1 unspecified atom stereocenters. The van der Waals surface area contributed by atoms with Gasteiger partial charge in [0, 0.05) is 40.4 Å². The summed E-state index contributed by atoms with van der Waals surface area (Å²) in [7, 11) is 2.98. The first-order valence-corrected chi connectivity index (χ1v) is 12.9. The number of carbonyl (C=O) groups is 1. The van der Waals surface area contributed by atoms with E-state index in [1.54, 1.807) is 54.3 Å². The van der Waals surface area contributed by atoms with Crippen LogP contribution in [0.4, 0.5) is 24.5 Å². The van der Waals surface area contributed by atoms with Crippen molar-refractivity contribution in [2.24, 2.45) is 5.16 Å². The van der Waals surface area contributed by atoms with Gasteiger partial charge in [-0.1, -0.05) is 35.0 Å². The zero-order valence-corrected chi connectivity index (χ0v) is 22.8. The number of anilines is 2. The molecule has 0 radical (unpaired) electrons. The second-order valence-electron chi connectivity index (χ2n) is 9.87. The molecule has 2 aliphatic rings. The molecule has 7 nitrogen and oxygen atoms in total. The standard InChI is InChI=1S/C29H27ClF3N3O4/c1-17(35-39-3)19-12-21(14-23(13-19)38-2)34-26(18-4-6-20(30)7-5-18)27(37)36-16-28(10-11-28)24-9-8-22(15-25(24)36)40-29(31,32)33/h4-9,12-15,26,34H,10-11,16H2,1-3H3/b35-17+. The molecule has 1 aliphatic heterocycles. The summed E-state index contributed by atoms with van der Waals surface area (Å²) >= 11 is 6.13. The van der Waals surface area contributed by atoms with E-state index in [0.29, 0.717) is 45.5 Å². The van der Waals surface area contributed by atoms with Gasteiger partial charge in [0.15, 0.2) is 0 Å². The van der Waals surface area contributed by atoms with Gasteiger partial charge in [0.05, 0.1) is 18.5 Å². The average Bonchev–Trinajstić information content (AvgIpc) is 3.62.